The van der Waals surface area contributed by atoms with E-state index >= 15 is 0 Å². The number of hydrogen-bond donors (Lipinski definition) is 4. The monoisotopic (exact) mass is 262 g/mol. The molecule has 1 unspecified atom stereocenters. The summed E-state index contributed by atoms with van der Waals surface area (Å²) in [6, 6.07) is 7.00. The van der Waals surface area contributed by atoms with Crippen LogP contribution < -0.4 is 21.7 Å². The number of rotatable bonds is 4. The van der Waals surface area contributed by atoms with Crippen LogP contribution in [0.3, 0.4) is 0 Å². The second-order valence-electron chi connectivity index (χ2n) is 4.48. The van der Waals surface area contributed by atoms with Crippen LogP contribution in [-0.4, -0.2) is 31.1 Å². The molecular formula is C13H18N4O2. The van der Waals surface area contributed by atoms with Crippen molar-refractivity contribution in [2.75, 3.05) is 18.4 Å². The molecule has 6 heteroatoms. The predicted octanol–water partition coefficient (Wildman–Crippen LogP) is 0.198. The average Bonchev–Trinajstić information content (AvgIpc) is 2.53. The van der Waals surface area contributed by atoms with Gasteiger partial charge in [0.2, 0.25) is 5.91 Å². The van der Waals surface area contributed by atoms with Gasteiger partial charge in [0.25, 0.3) is 0 Å². The van der Waals surface area contributed by atoms with Crippen LogP contribution >= 0.6 is 0 Å². The number of nitrogens with two attached hydrogens (primary N) is 1. The molecule has 1 atom stereocenters. The molecule has 0 aromatic heterocycles. The number of carbonyl (C=O) groups is 2. The summed E-state index contributed by atoms with van der Waals surface area (Å²) < 4.78 is 0. The molecule has 102 valence electrons. The summed E-state index contributed by atoms with van der Waals surface area (Å²) in [4.78, 5) is 22.5. The average molecular weight is 262 g/mol. The third-order valence-corrected chi connectivity index (χ3v) is 3.11. The number of aryl methyl sites for hydroxylation is 1. The molecule has 0 fully saturated rings. The summed E-state index contributed by atoms with van der Waals surface area (Å²) >= 11 is 0. The van der Waals surface area contributed by atoms with Gasteiger partial charge in [-0.25, -0.2) is 4.79 Å². The zero-order valence-electron chi connectivity index (χ0n) is 10.6. The lowest BCUT2D eigenvalue weighted by molar-refractivity contribution is -0.118. The molecule has 0 bridgehead atoms. The molecule has 5 N–H and O–H groups in total. The van der Waals surface area contributed by atoms with Gasteiger partial charge in [0.1, 0.15) is 0 Å². The Bertz CT molecular complexity index is 475. The lowest BCUT2D eigenvalue weighted by Gasteiger charge is -2.15. The molecule has 1 aliphatic rings. The number of benzene rings is 1. The van der Waals surface area contributed by atoms with E-state index in [9.17, 15) is 9.59 Å². The first-order valence-corrected chi connectivity index (χ1v) is 6.32. The van der Waals surface area contributed by atoms with Crippen molar-refractivity contribution in [3.63, 3.8) is 0 Å². The fraction of sp³-hybridized carbons (Fsp3) is 0.385. The number of anilines is 1. The SMILES string of the molecule is NC(=O)NCCNC1CCc2ccccc2NC1=O. The molecule has 19 heavy (non-hydrogen) atoms. The molecule has 1 aromatic carbocycles. The third-order valence-electron chi connectivity index (χ3n) is 3.11. The van der Waals surface area contributed by atoms with Gasteiger partial charge in [-0.3, -0.25) is 4.79 Å². The second kappa shape index (κ2) is 6.19. The second-order valence-corrected chi connectivity index (χ2v) is 4.48. The number of hydrogen-bond acceptors (Lipinski definition) is 3. The lowest BCUT2D eigenvalue weighted by Crippen LogP contribution is -2.44. The highest BCUT2D eigenvalue weighted by atomic mass is 16.2. The molecule has 0 spiro atoms. The van der Waals surface area contributed by atoms with Crippen LogP contribution in [0.25, 0.3) is 0 Å². The van der Waals surface area contributed by atoms with Crippen molar-refractivity contribution in [1.82, 2.24) is 10.6 Å². The van der Waals surface area contributed by atoms with Crippen molar-refractivity contribution >= 4 is 17.6 Å². The fourth-order valence-electron chi connectivity index (χ4n) is 2.14. The standard InChI is InChI=1S/C13H18N4O2/c14-13(19)16-8-7-15-11-6-5-9-3-1-2-4-10(9)17-12(11)18/h1-4,11,15H,5-8H2,(H,17,18)(H3,14,16,19). The molecule has 6 nitrogen and oxygen atoms in total. The van der Waals surface area contributed by atoms with E-state index in [1.54, 1.807) is 0 Å². The minimum Gasteiger partial charge on any atom is -0.352 e. The smallest absolute Gasteiger partial charge is 0.312 e. The van der Waals surface area contributed by atoms with E-state index in [1.165, 1.54) is 0 Å². The molecule has 1 aromatic rings. The lowest BCUT2D eigenvalue weighted by atomic mass is 10.1. The van der Waals surface area contributed by atoms with Gasteiger partial charge in [0, 0.05) is 18.8 Å². The van der Waals surface area contributed by atoms with Crippen molar-refractivity contribution in [3.8, 4) is 0 Å². The van der Waals surface area contributed by atoms with Gasteiger partial charge in [0.05, 0.1) is 6.04 Å². The van der Waals surface area contributed by atoms with Crippen molar-refractivity contribution in [2.24, 2.45) is 5.73 Å². The van der Waals surface area contributed by atoms with E-state index in [0.717, 1.165) is 24.1 Å². The van der Waals surface area contributed by atoms with E-state index in [1.807, 2.05) is 24.3 Å². The van der Waals surface area contributed by atoms with Crippen LogP contribution in [0.1, 0.15) is 12.0 Å². The Kier molecular flexibility index (Phi) is 4.35. The fourth-order valence-corrected chi connectivity index (χ4v) is 2.14. The maximum Gasteiger partial charge on any atom is 0.312 e. The largest absolute Gasteiger partial charge is 0.352 e. The zero-order chi connectivity index (χ0) is 13.7. The van der Waals surface area contributed by atoms with E-state index in [0.29, 0.717) is 13.1 Å². The first-order valence-electron chi connectivity index (χ1n) is 6.32. The summed E-state index contributed by atoms with van der Waals surface area (Å²) in [7, 11) is 0. The molecule has 0 aliphatic carbocycles. The number of fused-ring (bicyclic) bond motifs is 1. The van der Waals surface area contributed by atoms with Gasteiger partial charge in [-0.05, 0) is 24.5 Å². The minimum absolute atomic E-state index is 0.0379. The number of amides is 3. The number of para-hydroxylation sites is 1. The van der Waals surface area contributed by atoms with Crippen LogP contribution in [0, 0.1) is 0 Å². The predicted molar refractivity (Wildman–Crippen MR) is 72.8 cm³/mol. The van der Waals surface area contributed by atoms with Crippen LogP contribution in [0.5, 0.6) is 0 Å². The number of carbonyl (C=O) groups excluding carboxylic acids is 2. The van der Waals surface area contributed by atoms with Crippen LogP contribution in [0.2, 0.25) is 0 Å². The Morgan fingerprint density at radius 1 is 1.37 bits per heavy atom. The van der Waals surface area contributed by atoms with Gasteiger partial charge in [-0.15, -0.1) is 0 Å². The number of urea groups is 1. The molecule has 3 amide bonds. The maximum atomic E-state index is 12.0. The molecule has 0 saturated heterocycles. The summed E-state index contributed by atoms with van der Waals surface area (Å²) in [5.41, 5.74) is 6.99. The summed E-state index contributed by atoms with van der Waals surface area (Å²) in [6.07, 6.45) is 1.58. The highest BCUT2D eigenvalue weighted by molar-refractivity contribution is 5.96. The van der Waals surface area contributed by atoms with Crippen LogP contribution in [0.15, 0.2) is 24.3 Å². The number of nitrogens with one attached hydrogen (secondary N) is 3. The van der Waals surface area contributed by atoms with E-state index in [4.69, 9.17) is 5.73 Å². The molecule has 1 aliphatic heterocycles. The highest BCUT2D eigenvalue weighted by Crippen LogP contribution is 2.21. The van der Waals surface area contributed by atoms with Crippen LogP contribution in [0.4, 0.5) is 10.5 Å². The topological polar surface area (TPSA) is 96.2 Å². The first-order chi connectivity index (χ1) is 9.16. The first kappa shape index (κ1) is 13.4. The third kappa shape index (κ3) is 3.69. The van der Waals surface area contributed by atoms with Gasteiger partial charge in [0.15, 0.2) is 0 Å². The summed E-state index contributed by atoms with van der Waals surface area (Å²) in [5, 5.41) is 8.51. The van der Waals surface area contributed by atoms with Gasteiger partial charge < -0.3 is 21.7 Å². The Morgan fingerprint density at radius 2 is 2.16 bits per heavy atom. The van der Waals surface area contributed by atoms with E-state index in [2.05, 4.69) is 16.0 Å². The normalized spacial score (nSPS) is 18.1. The zero-order valence-corrected chi connectivity index (χ0v) is 10.6. The minimum atomic E-state index is -0.556. The Labute approximate surface area is 111 Å². The van der Waals surface area contributed by atoms with Crippen molar-refractivity contribution < 1.29 is 9.59 Å². The highest BCUT2D eigenvalue weighted by Gasteiger charge is 2.22. The van der Waals surface area contributed by atoms with E-state index < -0.39 is 6.03 Å². The summed E-state index contributed by atoms with van der Waals surface area (Å²) in [5.74, 6) is -0.0379. The van der Waals surface area contributed by atoms with Gasteiger partial charge >= 0.3 is 6.03 Å². The summed E-state index contributed by atoms with van der Waals surface area (Å²) in [6.45, 7) is 0.920. The van der Waals surface area contributed by atoms with Gasteiger partial charge in [-0.2, -0.15) is 0 Å². The Hall–Kier alpha value is -2.08. The Balaban J connectivity index is 1.88. The van der Waals surface area contributed by atoms with Gasteiger partial charge in [-0.1, -0.05) is 18.2 Å². The molecule has 0 radical (unpaired) electrons. The number of primary amides is 1. The molecule has 0 saturated carbocycles. The van der Waals surface area contributed by atoms with Crippen LogP contribution in [-0.2, 0) is 11.2 Å². The van der Waals surface area contributed by atoms with Crippen molar-refractivity contribution in [3.05, 3.63) is 29.8 Å². The molecule has 1 heterocycles. The maximum absolute atomic E-state index is 12.0. The molecule has 2 rings (SSSR count). The van der Waals surface area contributed by atoms with Crippen molar-refractivity contribution in [2.45, 2.75) is 18.9 Å². The van der Waals surface area contributed by atoms with Crippen molar-refractivity contribution in [1.29, 1.82) is 0 Å². The van der Waals surface area contributed by atoms with E-state index in [-0.39, 0.29) is 11.9 Å². The quantitative estimate of drug-likeness (QED) is 0.583. The Morgan fingerprint density at radius 3 is 2.95 bits per heavy atom. The molecular weight excluding hydrogens is 244 g/mol.